The molecular formula is C3H8FN3O. The van der Waals surface area contributed by atoms with E-state index in [1.807, 2.05) is 6.92 Å². The van der Waals surface area contributed by atoms with Crippen molar-refractivity contribution in [3.05, 3.63) is 0 Å². The van der Waals surface area contributed by atoms with E-state index in [1.165, 1.54) is 0 Å². The summed E-state index contributed by atoms with van der Waals surface area (Å²) >= 11 is 0. The highest BCUT2D eigenvalue weighted by molar-refractivity contribution is 4.63. The van der Waals surface area contributed by atoms with Gasteiger partial charge in [0.15, 0.2) is 0 Å². The second kappa shape index (κ2) is 2.36. The standard InChI is InChI=1S/C3H8FN3O/c1-2-5-3(8-4)7-6-2/h2-3,5-7H,1H3. The van der Waals surface area contributed by atoms with Gasteiger partial charge in [-0.25, -0.2) is 10.9 Å². The molecule has 1 heterocycles. The predicted octanol–water partition coefficient (Wildman–Crippen LogP) is -0.786. The molecule has 8 heavy (non-hydrogen) atoms. The summed E-state index contributed by atoms with van der Waals surface area (Å²) in [7, 11) is 0. The Balaban J connectivity index is 2.22. The Bertz CT molecular complexity index is 80.9. The number of nitrogens with one attached hydrogen (secondary N) is 3. The molecule has 0 spiro atoms. The lowest BCUT2D eigenvalue weighted by Crippen LogP contribution is -2.33. The summed E-state index contributed by atoms with van der Waals surface area (Å²) < 4.78 is 11.2. The fraction of sp³-hybridized carbons (Fsp3) is 1.00. The number of hydrazine groups is 1. The molecule has 0 aromatic heterocycles. The molecule has 1 fully saturated rings. The van der Waals surface area contributed by atoms with Crippen LogP contribution in [0.5, 0.6) is 0 Å². The van der Waals surface area contributed by atoms with E-state index >= 15 is 0 Å². The van der Waals surface area contributed by atoms with Gasteiger partial charge in [-0.3, -0.25) is 5.32 Å². The normalized spacial score (nSPS) is 38.2. The maximum Gasteiger partial charge on any atom is 0.216 e. The molecule has 0 amide bonds. The molecule has 0 aliphatic carbocycles. The lowest BCUT2D eigenvalue weighted by molar-refractivity contribution is -0.193. The maximum atomic E-state index is 11.2. The highest BCUT2D eigenvalue weighted by atomic mass is 19.3. The zero-order valence-corrected chi connectivity index (χ0v) is 4.44. The average molecular weight is 121 g/mol. The van der Waals surface area contributed by atoms with Gasteiger partial charge in [0.2, 0.25) is 6.35 Å². The number of hydrogen-bond acceptors (Lipinski definition) is 4. The molecule has 2 atom stereocenters. The van der Waals surface area contributed by atoms with Crippen molar-refractivity contribution in [3.63, 3.8) is 0 Å². The SMILES string of the molecule is CC1NNC(OF)N1. The number of halogens is 1. The maximum absolute atomic E-state index is 11.2. The van der Waals surface area contributed by atoms with Crippen molar-refractivity contribution < 1.29 is 9.47 Å². The van der Waals surface area contributed by atoms with Crippen LogP contribution in [0, 0.1) is 0 Å². The predicted molar refractivity (Wildman–Crippen MR) is 24.9 cm³/mol. The van der Waals surface area contributed by atoms with E-state index in [9.17, 15) is 4.53 Å². The summed E-state index contributed by atoms with van der Waals surface area (Å²) in [6.07, 6.45) is -0.652. The van der Waals surface area contributed by atoms with E-state index in [0.29, 0.717) is 0 Å². The number of rotatable bonds is 1. The quantitative estimate of drug-likeness (QED) is 0.425. The first-order valence-electron chi connectivity index (χ1n) is 2.37. The molecule has 1 aliphatic heterocycles. The first kappa shape index (κ1) is 5.90. The van der Waals surface area contributed by atoms with Crippen LogP contribution >= 0.6 is 0 Å². The minimum atomic E-state index is -0.704. The lowest BCUT2D eigenvalue weighted by atomic mass is 10.6. The molecular weight excluding hydrogens is 113 g/mol. The fourth-order valence-corrected chi connectivity index (χ4v) is 0.559. The van der Waals surface area contributed by atoms with Crippen LogP contribution < -0.4 is 16.2 Å². The van der Waals surface area contributed by atoms with Gasteiger partial charge < -0.3 is 0 Å². The third kappa shape index (κ3) is 1.13. The van der Waals surface area contributed by atoms with E-state index in [2.05, 4.69) is 21.1 Å². The van der Waals surface area contributed by atoms with Gasteiger partial charge in [0.05, 0.1) is 6.17 Å². The van der Waals surface area contributed by atoms with E-state index in [0.717, 1.165) is 0 Å². The highest BCUT2D eigenvalue weighted by Gasteiger charge is 2.18. The molecule has 48 valence electrons. The van der Waals surface area contributed by atoms with Crippen molar-refractivity contribution in [2.24, 2.45) is 0 Å². The van der Waals surface area contributed by atoms with Gasteiger partial charge in [0.1, 0.15) is 0 Å². The summed E-state index contributed by atoms with van der Waals surface area (Å²) in [5, 5.41) is 2.68. The summed E-state index contributed by atoms with van der Waals surface area (Å²) in [6.45, 7) is 1.84. The van der Waals surface area contributed by atoms with Gasteiger partial charge in [0, 0.05) is 0 Å². The Hall–Kier alpha value is -0.230. The van der Waals surface area contributed by atoms with Crippen LogP contribution in [0.2, 0.25) is 0 Å². The van der Waals surface area contributed by atoms with Crippen molar-refractivity contribution in [3.8, 4) is 0 Å². The lowest BCUT2D eigenvalue weighted by Gasteiger charge is -2.00. The topological polar surface area (TPSA) is 45.3 Å². The van der Waals surface area contributed by atoms with Crippen molar-refractivity contribution in [1.29, 1.82) is 0 Å². The molecule has 1 rings (SSSR count). The van der Waals surface area contributed by atoms with Crippen molar-refractivity contribution in [1.82, 2.24) is 16.2 Å². The van der Waals surface area contributed by atoms with Gasteiger partial charge in [0.25, 0.3) is 0 Å². The van der Waals surface area contributed by atoms with Crippen molar-refractivity contribution in [2.75, 3.05) is 0 Å². The summed E-state index contributed by atoms with van der Waals surface area (Å²) in [6, 6.07) is 0. The Morgan fingerprint density at radius 2 is 2.25 bits per heavy atom. The van der Waals surface area contributed by atoms with Crippen LogP contribution in [-0.2, 0) is 4.94 Å². The molecule has 2 unspecified atom stereocenters. The molecule has 1 saturated heterocycles. The largest absolute Gasteiger partial charge is 0.259 e. The van der Waals surface area contributed by atoms with Crippen molar-refractivity contribution >= 4 is 0 Å². The van der Waals surface area contributed by atoms with Gasteiger partial charge in [-0.05, 0) is 11.4 Å². The molecule has 0 saturated carbocycles. The van der Waals surface area contributed by atoms with Gasteiger partial charge in [-0.15, -0.1) is 0 Å². The van der Waals surface area contributed by atoms with Crippen LogP contribution in [0.25, 0.3) is 0 Å². The Morgan fingerprint density at radius 3 is 2.50 bits per heavy atom. The second-order valence-corrected chi connectivity index (χ2v) is 1.65. The minimum Gasteiger partial charge on any atom is -0.259 e. The first-order chi connectivity index (χ1) is 3.83. The van der Waals surface area contributed by atoms with E-state index < -0.39 is 6.35 Å². The average Bonchev–Trinajstić information content (AvgIpc) is 2.14. The van der Waals surface area contributed by atoms with Gasteiger partial charge >= 0.3 is 0 Å². The molecule has 0 aromatic carbocycles. The van der Waals surface area contributed by atoms with Crippen LogP contribution in [-0.4, -0.2) is 12.5 Å². The van der Waals surface area contributed by atoms with Crippen molar-refractivity contribution in [2.45, 2.75) is 19.4 Å². The van der Waals surface area contributed by atoms with E-state index in [-0.39, 0.29) is 6.17 Å². The Kier molecular flexibility index (Phi) is 1.74. The smallest absolute Gasteiger partial charge is 0.216 e. The summed E-state index contributed by atoms with van der Waals surface area (Å²) in [5.74, 6) is 0. The molecule has 3 N–H and O–H groups in total. The highest BCUT2D eigenvalue weighted by Crippen LogP contribution is 1.89. The van der Waals surface area contributed by atoms with E-state index in [4.69, 9.17) is 0 Å². The van der Waals surface area contributed by atoms with Gasteiger partial charge in [-0.1, -0.05) is 0 Å². The molecule has 0 aromatic rings. The summed E-state index contributed by atoms with van der Waals surface area (Å²) in [5.41, 5.74) is 5.19. The minimum absolute atomic E-state index is 0.0516. The van der Waals surface area contributed by atoms with Crippen LogP contribution in [0.1, 0.15) is 6.92 Å². The Morgan fingerprint density at radius 1 is 1.50 bits per heavy atom. The first-order valence-corrected chi connectivity index (χ1v) is 2.37. The molecule has 5 heteroatoms. The molecule has 1 aliphatic rings. The zero-order chi connectivity index (χ0) is 5.98. The Labute approximate surface area is 46.3 Å². The number of hydrogen-bond donors (Lipinski definition) is 3. The van der Waals surface area contributed by atoms with Crippen LogP contribution in [0.4, 0.5) is 4.53 Å². The van der Waals surface area contributed by atoms with Crippen LogP contribution in [0.3, 0.4) is 0 Å². The van der Waals surface area contributed by atoms with Crippen LogP contribution in [0.15, 0.2) is 0 Å². The van der Waals surface area contributed by atoms with Gasteiger partial charge in [-0.2, -0.15) is 4.94 Å². The summed E-state index contributed by atoms with van der Waals surface area (Å²) in [4.78, 5) is 3.40. The van der Waals surface area contributed by atoms with E-state index in [1.54, 1.807) is 0 Å². The second-order valence-electron chi connectivity index (χ2n) is 1.65. The molecule has 0 radical (unpaired) electrons. The molecule has 0 bridgehead atoms. The third-order valence-electron chi connectivity index (χ3n) is 0.921. The zero-order valence-electron chi connectivity index (χ0n) is 4.44. The monoisotopic (exact) mass is 121 g/mol. The fourth-order valence-electron chi connectivity index (χ4n) is 0.559. The third-order valence-corrected chi connectivity index (χ3v) is 0.921. The molecule has 4 nitrogen and oxygen atoms in total.